The Morgan fingerprint density at radius 3 is 2.62 bits per heavy atom. The van der Waals surface area contributed by atoms with Gasteiger partial charge in [0.15, 0.2) is 0 Å². The molecule has 1 rings (SSSR count). The molecule has 0 fully saturated rings. The highest BCUT2D eigenvalue weighted by atomic mass is 19.1. The molecule has 1 aromatic rings. The van der Waals surface area contributed by atoms with Crippen LogP contribution in [-0.2, 0) is 4.79 Å². The topological polar surface area (TPSA) is 43.1 Å². The van der Waals surface area contributed by atoms with Crippen molar-refractivity contribution < 1.29 is 9.18 Å². The number of carbonyl (C=O) groups excluding carboxylic acids is 1. The molecule has 0 saturated carbocycles. The molecule has 2 N–H and O–H groups in total. The van der Waals surface area contributed by atoms with Crippen molar-refractivity contribution in [3.63, 3.8) is 0 Å². The number of primary amides is 1. The van der Waals surface area contributed by atoms with E-state index in [0.29, 0.717) is 5.92 Å². The molecule has 88 valence electrons. The predicted octanol–water partition coefficient (Wildman–Crippen LogP) is 2.83. The predicted molar refractivity (Wildman–Crippen MR) is 62.4 cm³/mol. The van der Waals surface area contributed by atoms with Gasteiger partial charge in [-0.15, -0.1) is 0 Å². The van der Waals surface area contributed by atoms with Gasteiger partial charge in [0, 0.05) is 6.42 Å². The fourth-order valence-corrected chi connectivity index (χ4v) is 1.91. The monoisotopic (exact) mass is 223 g/mol. The van der Waals surface area contributed by atoms with Crippen LogP contribution in [0.1, 0.15) is 38.2 Å². The third-order valence-electron chi connectivity index (χ3n) is 2.52. The van der Waals surface area contributed by atoms with Crippen LogP contribution >= 0.6 is 0 Å². The molecule has 0 bridgehead atoms. The maximum atomic E-state index is 13.1. The Morgan fingerprint density at radius 1 is 1.44 bits per heavy atom. The first-order chi connectivity index (χ1) is 7.49. The van der Waals surface area contributed by atoms with Gasteiger partial charge in [0.2, 0.25) is 5.91 Å². The molecule has 1 atom stereocenters. The number of hydrogen-bond donors (Lipinski definition) is 1. The molecule has 0 aliphatic carbocycles. The molecule has 1 amide bonds. The largest absolute Gasteiger partial charge is 0.370 e. The van der Waals surface area contributed by atoms with E-state index in [0.717, 1.165) is 12.0 Å². The van der Waals surface area contributed by atoms with E-state index in [-0.39, 0.29) is 24.1 Å². The van der Waals surface area contributed by atoms with Crippen LogP contribution in [0.2, 0.25) is 0 Å². The van der Waals surface area contributed by atoms with Gasteiger partial charge < -0.3 is 5.73 Å². The number of nitrogens with two attached hydrogens (primary N) is 1. The van der Waals surface area contributed by atoms with E-state index in [1.807, 2.05) is 6.07 Å². The normalized spacial score (nSPS) is 12.8. The third-order valence-corrected chi connectivity index (χ3v) is 2.52. The summed E-state index contributed by atoms with van der Waals surface area (Å²) in [6.07, 6.45) is 1.12. The van der Waals surface area contributed by atoms with Gasteiger partial charge in [-0.3, -0.25) is 4.79 Å². The Kier molecular flexibility index (Phi) is 4.47. The number of carbonyl (C=O) groups is 1. The second kappa shape index (κ2) is 5.64. The summed E-state index contributed by atoms with van der Waals surface area (Å²) in [5, 5.41) is 0. The molecule has 1 aromatic carbocycles. The van der Waals surface area contributed by atoms with Gasteiger partial charge in [-0.2, -0.15) is 0 Å². The molecule has 0 spiro atoms. The van der Waals surface area contributed by atoms with E-state index < -0.39 is 0 Å². The minimum Gasteiger partial charge on any atom is -0.370 e. The number of halogens is 1. The summed E-state index contributed by atoms with van der Waals surface area (Å²) in [5.41, 5.74) is 6.07. The first-order valence-electron chi connectivity index (χ1n) is 5.52. The molecule has 1 unspecified atom stereocenters. The molecule has 2 nitrogen and oxygen atoms in total. The van der Waals surface area contributed by atoms with Crippen LogP contribution in [0.5, 0.6) is 0 Å². The fourth-order valence-electron chi connectivity index (χ4n) is 1.91. The lowest BCUT2D eigenvalue weighted by molar-refractivity contribution is -0.118. The van der Waals surface area contributed by atoms with Crippen molar-refractivity contribution in [2.45, 2.75) is 32.6 Å². The van der Waals surface area contributed by atoms with Crippen molar-refractivity contribution in [3.8, 4) is 0 Å². The summed E-state index contributed by atoms with van der Waals surface area (Å²) in [6, 6.07) is 6.40. The van der Waals surface area contributed by atoms with Crippen molar-refractivity contribution in [3.05, 3.63) is 35.6 Å². The smallest absolute Gasteiger partial charge is 0.218 e. The Bertz CT molecular complexity index is 363. The zero-order valence-electron chi connectivity index (χ0n) is 9.74. The lowest BCUT2D eigenvalue weighted by atomic mass is 9.87. The minimum atomic E-state index is -0.338. The summed E-state index contributed by atoms with van der Waals surface area (Å²) >= 11 is 0. The molecule has 3 heteroatoms. The molecular weight excluding hydrogens is 205 g/mol. The van der Waals surface area contributed by atoms with Crippen LogP contribution in [0.3, 0.4) is 0 Å². The van der Waals surface area contributed by atoms with Crippen molar-refractivity contribution >= 4 is 5.91 Å². The number of benzene rings is 1. The summed E-state index contributed by atoms with van der Waals surface area (Å²) in [4.78, 5) is 11.0. The van der Waals surface area contributed by atoms with E-state index in [1.54, 1.807) is 6.07 Å². The number of amides is 1. The lowest BCUT2D eigenvalue weighted by Gasteiger charge is -2.18. The molecule has 0 aliphatic rings. The first-order valence-corrected chi connectivity index (χ1v) is 5.52. The highest BCUT2D eigenvalue weighted by molar-refractivity contribution is 5.74. The van der Waals surface area contributed by atoms with Crippen LogP contribution in [0, 0.1) is 11.7 Å². The zero-order chi connectivity index (χ0) is 12.1. The average molecular weight is 223 g/mol. The fraction of sp³-hybridized carbons (Fsp3) is 0.462. The van der Waals surface area contributed by atoms with Crippen LogP contribution in [0.25, 0.3) is 0 Å². The van der Waals surface area contributed by atoms with Gasteiger partial charge >= 0.3 is 0 Å². The first kappa shape index (κ1) is 12.7. The average Bonchev–Trinajstić information content (AvgIpc) is 2.15. The van der Waals surface area contributed by atoms with E-state index in [9.17, 15) is 9.18 Å². The standard InChI is InChI=1S/C13H18FNO/c1-9(2)6-11(8-13(15)16)10-4-3-5-12(14)7-10/h3-5,7,9,11H,6,8H2,1-2H3,(H2,15,16). The van der Waals surface area contributed by atoms with Gasteiger partial charge in [0.1, 0.15) is 5.82 Å². The highest BCUT2D eigenvalue weighted by Crippen LogP contribution is 2.27. The quantitative estimate of drug-likeness (QED) is 0.819. The van der Waals surface area contributed by atoms with Crippen LogP contribution < -0.4 is 5.73 Å². The Hall–Kier alpha value is -1.38. The molecule has 16 heavy (non-hydrogen) atoms. The summed E-state index contributed by atoms with van der Waals surface area (Å²) in [7, 11) is 0. The molecule has 0 radical (unpaired) electrons. The molecule has 0 heterocycles. The van der Waals surface area contributed by atoms with Gasteiger partial charge in [-0.25, -0.2) is 4.39 Å². The van der Waals surface area contributed by atoms with Crippen molar-refractivity contribution in [1.29, 1.82) is 0 Å². The maximum absolute atomic E-state index is 13.1. The second-order valence-electron chi connectivity index (χ2n) is 4.55. The third kappa shape index (κ3) is 4.01. The van der Waals surface area contributed by atoms with Crippen molar-refractivity contribution in [1.82, 2.24) is 0 Å². The van der Waals surface area contributed by atoms with E-state index in [4.69, 9.17) is 5.73 Å². The Labute approximate surface area is 95.7 Å². The number of rotatable bonds is 5. The molecular formula is C13H18FNO. The van der Waals surface area contributed by atoms with Gasteiger partial charge in [0.25, 0.3) is 0 Å². The summed E-state index contributed by atoms with van der Waals surface area (Å²) in [5.74, 6) is -0.133. The SMILES string of the molecule is CC(C)CC(CC(N)=O)c1cccc(F)c1. The second-order valence-corrected chi connectivity index (χ2v) is 4.55. The maximum Gasteiger partial charge on any atom is 0.218 e. The lowest BCUT2D eigenvalue weighted by Crippen LogP contribution is -2.16. The van der Waals surface area contributed by atoms with Gasteiger partial charge in [-0.1, -0.05) is 26.0 Å². The van der Waals surface area contributed by atoms with E-state index in [1.165, 1.54) is 12.1 Å². The van der Waals surface area contributed by atoms with Gasteiger partial charge in [0.05, 0.1) is 0 Å². The molecule has 0 aliphatic heterocycles. The van der Waals surface area contributed by atoms with Crippen LogP contribution in [0.4, 0.5) is 4.39 Å². The van der Waals surface area contributed by atoms with E-state index >= 15 is 0 Å². The zero-order valence-corrected chi connectivity index (χ0v) is 9.74. The summed E-state index contributed by atoms with van der Waals surface area (Å²) < 4.78 is 13.1. The molecule has 0 saturated heterocycles. The minimum absolute atomic E-state index is 0.0215. The van der Waals surface area contributed by atoms with Crippen LogP contribution in [0.15, 0.2) is 24.3 Å². The van der Waals surface area contributed by atoms with Crippen LogP contribution in [-0.4, -0.2) is 5.91 Å². The Balaban J connectivity index is 2.86. The summed E-state index contributed by atoms with van der Waals surface area (Å²) in [6.45, 7) is 4.15. The molecule has 0 aromatic heterocycles. The van der Waals surface area contributed by atoms with Crippen molar-refractivity contribution in [2.75, 3.05) is 0 Å². The highest BCUT2D eigenvalue weighted by Gasteiger charge is 2.16. The van der Waals surface area contributed by atoms with E-state index in [2.05, 4.69) is 13.8 Å². The van der Waals surface area contributed by atoms with Crippen molar-refractivity contribution in [2.24, 2.45) is 11.7 Å². The van der Waals surface area contributed by atoms with Gasteiger partial charge in [-0.05, 0) is 36.0 Å². The Morgan fingerprint density at radius 2 is 2.12 bits per heavy atom. The number of hydrogen-bond acceptors (Lipinski definition) is 1.